The van der Waals surface area contributed by atoms with Crippen molar-refractivity contribution in [3.05, 3.63) is 78.1 Å². The molecular weight excluding hydrogens is 326 g/mol. The largest absolute Gasteiger partial charge is 0.287 e. The van der Waals surface area contributed by atoms with Crippen LogP contribution < -0.4 is 4.57 Å². The van der Waals surface area contributed by atoms with Crippen molar-refractivity contribution >= 4 is 33.5 Å². The average molecular weight is 343 g/mol. The first-order chi connectivity index (χ1) is 9.72. The number of hydrogen-bond donors (Lipinski definition) is 0. The number of aryl methyl sites for hydroxylation is 1. The smallest absolute Gasteiger partial charge is 0.227 e. The van der Waals surface area contributed by atoms with Gasteiger partial charge in [-0.3, -0.25) is 4.79 Å². The number of Topliss-reactive ketones (excluding diaryl/α,β-unsaturated/α-hetero) is 1. The van der Waals surface area contributed by atoms with Gasteiger partial charge in [-0.15, -0.1) is 17.0 Å². The summed E-state index contributed by atoms with van der Waals surface area (Å²) in [6.45, 7) is 2.40. The molecule has 0 atom stereocenters. The first-order valence-corrected chi connectivity index (χ1v) is 6.70. The van der Waals surface area contributed by atoms with Gasteiger partial charge in [-0.25, -0.2) is 0 Å². The molecule has 3 aromatic rings. The van der Waals surface area contributed by atoms with Gasteiger partial charge in [0.05, 0.1) is 0 Å². The van der Waals surface area contributed by atoms with E-state index in [2.05, 4.69) is 6.07 Å². The Kier molecular flexibility index (Phi) is 4.86. The number of carbonyl (C=O) groups is 1. The fourth-order valence-electron chi connectivity index (χ4n) is 2.37. The van der Waals surface area contributed by atoms with Crippen LogP contribution in [-0.4, -0.2) is 5.78 Å². The summed E-state index contributed by atoms with van der Waals surface area (Å²) in [6.07, 6.45) is 3.91. The van der Waals surface area contributed by atoms with Gasteiger partial charge in [-0.05, 0) is 29.8 Å². The Morgan fingerprint density at radius 1 is 1.00 bits per heavy atom. The van der Waals surface area contributed by atoms with E-state index in [-0.39, 0.29) is 22.8 Å². The van der Waals surface area contributed by atoms with Crippen LogP contribution in [0, 0.1) is 6.92 Å². The van der Waals surface area contributed by atoms with Gasteiger partial charge in [-0.1, -0.05) is 36.4 Å². The molecule has 0 bridgehead atoms. The van der Waals surface area contributed by atoms with Crippen LogP contribution in [0.4, 0.5) is 0 Å². The number of hydrogen-bond acceptors (Lipinski definition) is 1. The van der Waals surface area contributed by atoms with E-state index in [1.807, 2.05) is 72.4 Å². The SMILES string of the molecule is Br.Cc1ccc[n+](CC(=O)c2ccc3ccccc3c2)c1. The maximum atomic E-state index is 12.3. The van der Waals surface area contributed by atoms with Crippen molar-refractivity contribution < 1.29 is 9.36 Å². The van der Waals surface area contributed by atoms with Crippen molar-refractivity contribution in [2.45, 2.75) is 13.5 Å². The Morgan fingerprint density at radius 3 is 2.52 bits per heavy atom. The summed E-state index contributed by atoms with van der Waals surface area (Å²) in [6, 6.07) is 17.9. The van der Waals surface area contributed by atoms with Crippen LogP contribution in [0.2, 0.25) is 0 Å². The fourth-order valence-corrected chi connectivity index (χ4v) is 2.37. The molecule has 2 nitrogen and oxygen atoms in total. The topological polar surface area (TPSA) is 20.9 Å². The summed E-state index contributed by atoms with van der Waals surface area (Å²) in [4.78, 5) is 12.3. The van der Waals surface area contributed by atoms with Crippen LogP contribution in [0.5, 0.6) is 0 Å². The Hall–Kier alpha value is -2.00. The van der Waals surface area contributed by atoms with Gasteiger partial charge in [0, 0.05) is 17.2 Å². The molecule has 0 aliphatic rings. The third kappa shape index (κ3) is 3.56. The Labute approximate surface area is 134 Å². The molecule has 0 fully saturated rings. The predicted octanol–water partition coefficient (Wildman–Crippen LogP) is 3.90. The first kappa shape index (κ1) is 15.4. The maximum absolute atomic E-state index is 12.3. The molecule has 0 aliphatic heterocycles. The second-order valence-corrected chi connectivity index (χ2v) is 5.04. The van der Waals surface area contributed by atoms with E-state index in [1.54, 1.807) is 0 Å². The molecule has 0 spiro atoms. The number of halogens is 1. The van der Waals surface area contributed by atoms with Gasteiger partial charge in [0.15, 0.2) is 12.4 Å². The summed E-state index contributed by atoms with van der Waals surface area (Å²) < 4.78 is 1.92. The van der Waals surface area contributed by atoms with Gasteiger partial charge in [0.2, 0.25) is 12.3 Å². The monoisotopic (exact) mass is 342 g/mol. The van der Waals surface area contributed by atoms with Crippen molar-refractivity contribution in [3.63, 3.8) is 0 Å². The molecule has 1 heterocycles. The van der Waals surface area contributed by atoms with E-state index >= 15 is 0 Å². The number of pyridine rings is 1. The molecule has 3 rings (SSSR count). The first-order valence-electron chi connectivity index (χ1n) is 6.70. The molecule has 1 aromatic heterocycles. The van der Waals surface area contributed by atoms with E-state index < -0.39 is 0 Å². The van der Waals surface area contributed by atoms with Gasteiger partial charge in [0.1, 0.15) is 0 Å². The van der Waals surface area contributed by atoms with Crippen molar-refractivity contribution in [3.8, 4) is 0 Å². The molecule has 0 N–H and O–H groups in total. The third-order valence-corrected chi connectivity index (χ3v) is 3.40. The number of rotatable bonds is 3. The summed E-state index contributed by atoms with van der Waals surface area (Å²) in [5.74, 6) is 0.131. The molecule has 0 aliphatic carbocycles. The van der Waals surface area contributed by atoms with Crippen LogP contribution in [0.3, 0.4) is 0 Å². The zero-order valence-electron chi connectivity index (χ0n) is 11.8. The lowest BCUT2D eigenvalue weighted by Gasteiger charge is -2.02. The summed E-state index contributed by atoms with van der Waals surface area (Å²) in [5.41, 5.74) is 1.91. The number of ketones is 1. The van der Waals surface area contributed by atoms with Crippen LogP contribution in [0.25, 0.3) is 10.8 Å². The molecular formula is C18H17BrNO+. The molecule has 0 saturated carbocycles. The van der Waals surface area contributed by atoms with E-state index in [1.165, 1.54) is 0 Å². The van der Waals surface area contributed by atoms with E-state index in [9.17, 15) is 4.79 Å². The molecule has 106 valence electrons. The standard InChI is InChI=1S/C18H16NO.BrH/c1-14-5-4-10-19(12-14)13-18(20)17-9-8-15-6-2-3-7-16(15)11-17;/h2-12H,13H2,1H3;1H/q+1;. The lowest BCUT2D eigenvalue weighted by Crippen LogP contribution is -2.37. The maximum Gasteiger partial charge on any atom is 0.227 e. The zero-order valence-corrected chi connectivity index (χ0v) is 13.5. The fraction of sp³-hybridized carbons (Fsp3) is 0.111. The van der Waals surface area contributed by atoms with Crippen LogP contribution >= 0.6 is 17.0 Å². The number of benzene rings is 2. The number of aromatic nitrogens is 1. The lowest BCUT2D eigenvalue weighted by atomic mass is 10.0. The van der Waals surface area contributed by atoms with Crippen LogP contribution in [0.15, 0.2) is 67.0 Å². The summed E-state index contributed by atoms with van der Waals surface area (Å²) >= 11 is 0. The second kappa shape index (κ2) is 6.64. The molecule has 21 heavy (non-hydrogen) atoms. The molecule has 0 radical (unpaired) electrons. The van der Waals surface area contributed by atoms with E-state index in [0.717, 1.165) is 21.9 Å². The lowest BCUT2D eigenvalue weighted by molar-refractivity contribution is -0.683. The highest BCUT2D eigenvalue weighted by molar-refractivity contribution is 8.93. The minimum absolute atomic E-state index is 0. The molecule has 2 aromatic carbocycles. The number of carbonyl (C=O) groups excluding carboxylic acids is 1. The Morgan fingerprint density at radius 2 is 1.76 bits per heavy atom. The number of fused-ring (bicyclic) bond motifs is 1. The van der Waals surface area contributed by atoms with Gasteiger partial charge < -0.3 is 0 Å². The summed E-state index contributed by atoms with van der Waals surface area (Å²) in [7, 11) is 0. The third-order valence-electron chi connectivity index (χ3n) is 3.40. The van der Waals surface area contributed by atoms with Crippen LogP contribution in [-0.2, 0) is 6.54 Å². The van der Waals surface area contributed by atoms with Gasteiger partial charge in [0.25, 0.3) is 0 Å². The average Bonchev–Trinajstić information content (AvgIpc) is 2.47. The van der Waals surface area contributed by atoms with Crippen molar-refractivity contribution in [2.75, 3.05) is 0 Å². The van der Waals surface area contributed by atoms with Crippen molar-refractivity contribution in [1.82, 2.24) is 0 Å². The number of nitrogens with zero attached hydrogens (tertiary/aromatic N) is 1. The van der Waals surface area contributed by atoms with Gasteiger partial charge >= 0.3 is 0 Å². The molecule has 0 amide bonds. The predicted molar refractivity (Wildman–Crippen MR) is 90.0 cm³/mol. The zero-order chi connectivity index (χ0) is 13.9. The Balaban J connectivity index is 0.00000161. The highest BCUT2D eigenvalue weighted by atomic mass is 79.9. The van der Waals surface area contributed by atoms with Crippen molar-refractivity contribution in [1.29, 1.82) is 0 Å². The summed E-state index contributed by atoms with van der Waals surface area (Å²) in [5, 5.41) is 2.26. The highest BCUT2D eigenvalue weighted by Gasteiger charge is 2.12. The molecule has 3 heteroatoms. The normalized spacial score (nSPS) is 10.1. The minimum atomic E-state index is 0. The molecule has 0 unspecified atom stereocenters. The molecule has 0 saturated heterocycles. The second-order valence-electron chi connectivity index (χ2n) is 5.04. The van der Waals surface area contributed by atoms with E-state index in [0.29, 0.717) is 6.54 Å². The van der Waals surface area contributed by atoms with Gasteiger partial charge in [-0.2, -0.15) is 4.57 Å². The Bertz CT molecular complexity index is 783. The van der Waals surface area contributed by atoms with Crippen LogP contribution in [0.1, 0.15) is 15.9 Å². The quantitative estimate of drug-likeness (QED) is 0.522. The van der Waals surface area contributed by atoms with E-state index in [4.69, 9.17) is 0 Å². The minimum Gasteiger partial charge on any atom is -0.287 e. The highest BCUT2D eigenvalue weighted by Crippen LogP contribution is 2.15. The van der Waals surface area contributed by atoms with Crippen molar-refractivity contribution in [2.24, 2.45) is 0 Å².